The van der Waals surface area contributed by atoms with Gasteiger partial charge < -0.3 is 5.73 Å². The van der Waals surface area contributed by atoms with Crippen molar-refractivity contribution >= 4 is 11.8 Å². The first-order chi connectivity index (χ1) is 7.50. The molecule has 2 fully saturated rings. The monoisotopic (exact) mass is 242 g/mol. The summed E-state index contributed by atoms with van der Waals surface area (Å²) < 4.78 is 0. The fourth-order valence-electron chi connectivity index (χ4n) is 3.00. The molecule has 2 nitrogen and oxygen atoms in total. The van der Waals surface area contributed by atoms with Crippen LogP contribution in [0, 0.1) is 11.3 Å². The number of hydrogen-bond acceptors (Lipinski definition) is 3. The van der Waals surface area contributed by atoms with Gasteiger partial charge in [0.05, 0.1) is 0 Å². The van der Waals surface area contributed by atoms with Crippen LogP contribution in [0.15, 0.2) is 0 Å². The number of rotatable bonds is 1. The van der Waals surface area contributed by atoms with Crippen LogP contribution >= 0.6 is 11.8 Å². The van der Waals surface area contributed by atoms with Crippen molar-refractivity contribution in [3.63, 3.8) is 0 Å². The Morgan fingerprint density at radius 3 is 2.75 bits per heavy atom. The minimum absolute atomic E-state index is 0.426. The van der Waals surface area contributed by atoms with Crippen molar-refractivity contribution < 1.29 is 0 Å². The highest BCUT2D eigenvalue weighted by Crippen LogP contribution is 2.38. The van der Waals surface area contributed by atoms with E-state index in [4.69, 9.17) is 5.73 Å². The molecule has 3 heteroatoms. The topological polar surface area (TPSA) is 29.3 Å². The lowest BCUT2D eigenvalue weighted by molar-refractivity contribution is 0.0539. The third kappa shape index (κ3) is 2.57. The average molecular weight is 242 g/mol. The minimum atomic E-state index is 0.426. The van der Waals surface area contributed by atoms with Crippen molar-refractivity contribution in [3.8, 4) is 0 Å². The van der Waals surface area contributed by atoms with Crippen LogP contribution in [-0.2, 0) is 0 Å². The van der Waals surface area contributed by atoms with E-state index in [9.17, 15) is 0 Å². The van der Waals surface area contributed by atoms with Crippen molar-refractivity contribution in [3.05, 3.63) is 0 Å². The third-order valence-electron chi connectivity index (χ3n) is 4.51. The zero-order valence-corrected chi connectivity index (χ0v) is 11.7. The summed E-state index contributed by atoms with van der Waals surface area (Å²) in [6, 6.07) is 1.19. The highest BCUT2D eigenvalue weighted by Gasteiger charge is 2.38. The Morgan fingerprint density at radius 1 is 1.38 bits per heavy atom. The van der Waals surface area contributed by atoms with Gasteiger partial charge in [-0.15, -0.1) is 0 Å². The zero-order chi connectivity index (χ0) is 11.8. The van der Waals surface area contributed by atoms with Crippen LogP contribution in [-0.4, -0.2) is 41.6 Å². The van der Waals surface area contributed by atoms with Gasteiger partial charge in [0.25, 0.3) is 0 Å². The quantitative estimate of drug-likeness (QED) is 0.764. The van der Waals surface area contributed by atoms with E-state index in [-0.39, 0.29) is 0 Å². The molecule has 16 heavy (non-hydrogen) atoms. The van der Waals surface area contributed by atoms with E-state index in [1.165, 1.54) is 37.4 Å². The Kier molecular flexibility index (Phi) is 3.87. The van der Waals surface area contributed by atoms with Gasteiger partial charge in [-0.25, -0.2) is 0 Å². The van der Waals surface area contributed by atoms with Crippen LogP contribution in [0.4, 0.5) is 0 Å². The Labute approximate surface area is 104 Å². The summed E-state index contributed by atoms with van der Waals surface area (Å²) in [5.41, 5.74) is 6.60. The fraction of sp³-hybridized carbons (Fsp3) is 1.00. The van der Waals surface area contributed by atoms with Gasteiger partial charge in [-0.2, -0.15) is 11.8 Å². The smallest absolute Gasteiger partial charge is 0.0237 e. The molecule has 2 saturated heterocycles. The van der Waals surface area contributed by atoms with Crippen LogP contribution in [0.2, 0.25) is 0 Å². The Morgan fingerprint density at radius 2 is 2.12 bits per heavy atom. The number of piperidine rings is 1. The molecule has 2 aliphatic heterocycles. The number of hydrogen-bond donors (Lipinski definition) is 1. The van der Waals surface area contributed by atoms with Gasteiger partial charge in [-0.05, 0) is 36.5 Å². The molecule has 2 rings (SSSR count). The minimum Gasteiger partial charge on any atom is -0.327 e. The molecule has 0 amide bonds. The lowest BCUT2D eigenvalue weighted by Crippen LogP contribution is -2.56. The van der Waals surface area contributed by atoms with E-state index >= 15 is 0 Å². The van der Waals surface area contributed by atoms with Crippen LogP contribution in [0.5, 0.6) is 0 Å². The molecule has 3 atom stereocenters. The second-order valence-electron chi connectivity index (χ2n) is 6.25. The van der Waals surface area contributed by atoms with E-state index in [1.54, 1.807) is 0 Å². The first-order valence-electron chi connectivity index (χ1n) is 6.58. The summed E-state index contributed by atoms with van der Waals surface area (Å²) in [6.07, 6.45) is 2.54. The average Bonchev–Trinajstić information content (AvgIpc) is 2.22. The Bertz CT molecular complexity index is 242. The predicted molar refractivity (Wildman–Crippen MR) is 72.8 cm³/mol. The van der Waals surface area contributed by atoms with Crippen LogP contribution in [0.3, 0.4) is 0 Å². The van der Waals surface area contributed by atoms with E-state index in [1.807, 2.05) is 0 Å². The Hall–Kier alpha value is 0.270. The zero-order valence-electron chi connectivity index (χ0n) is 10.9. The maximum absolute atomic E-state index is 6.11. The molecule has 0 aromatic heterocycles. The van der Waals surface area contributed by atoms with Crippen molar-refractivity contribution in [2.24, 2.45) is 17.1 Å². The van der Waals surface area contributed by atoms with Crippen LogP contribution in [0.1, 0.15) is 33.6 Å². The highest BCUT2D eigenvalue weighted by molar-refractivity contribution is 7.99. The second-order valence-corrected chi connectivity index (χ2v) is 7.40. The lowest BCUT2D eigenvalue weighted by Gasteiger charge is -2.48. The van der Waals surface area contributed by atoms with Gasteiger partial charge in [-0.1, -0.05) is 20.8 Å². The normalized spacial score (nSPS) is 40.9. The molecule has 3 unspecified atom stereocenters. The van der Waals surface area contributed by atoms with Crippen LogP contribution < -0.4 is 5.73 Å². The summed E-state index contributed by atoms with van der Waals surface area (Å²) in [5, 5.41) is 0. The molecular formula is C13H26N2S. The van der Waals surface area contributed by atoms with Crippen molar-refractivity contribution in [2.75, 3.05) is 24.6 Å². The van der Waals surface area contributed by atoms with Crippen molar-refractivity contribution in [1.29, 1.82) is 0 Å². The first kappa shape index (κ1) is 12.7. The number of likely N-dealkylation sites (tertiary alicyclic amines) is 1. The van der Waals surface area contributed by atoms with Crippen LogP contribution in [0.25, 0.3) is 0 Å². The summed E-state index contributed by atoms with van der Waals surface area (Å²) in [4.78, 5) is 2.71. The summed E-state index contributed by atoms with van der Waals surface area (Å²) in [5.74, 6) is 3.32. The molecule has 0 saturated carbocycles. The summed E-state index contributed by atoms with van der Waals surface area (Å²) in [7, 11) is 0. The maximum Gasteiger partial charge on any atom is 0.0237 e. The predicted octanol–water partition coefficient (Wildman–Crippen LogP) is 2.19. The molecule has 0 aromatic rings. The standard InChI is InChI=1S/C13H26N2S/c1-10-8-15(6-4-11(10)14)12-9-16-7-5-13(12,2)3/h10-12H,4-9,14H2,1-3H3. The van der Waals surface area contributed by atoms with Gasteiger partial charge in [-0.3, -0.25) is 4.90 Å². The second kappa shape index (κ2) is 4.87. The molecular weight excluding hydrogens is 216 g/mol. The summed E-state index contributed by atoms with van der Waals surface area (Å²) in [6.45, 7) is 9.60. The number of nitrogens with two attached hydrogens (primary N) is 1. The lowest BCUT2D eigenvalue weighted by atomic mass is 9.80. The molecule has 2 heterocycles. The molecule has 0 aromatic carbocycles. The van der Waals surface area contributed by atoms with Gasteiger partial charge in [0, 0.05) is 24.4 Å². The van der Waals surface area contributed by atoms with Gasteiger partial charge >= 0.3 is 0 Å². The molecule has 0 radical (unpaired) electrons. The van der Waals surface area contributed by atoms with E-state index in [2.05, 4.69) is 37.4 Å². The first-order valence-corrected chi connectivity index (χ1v) is 7.73. The largest absolute Gasteiger partial charge is 0.327 e. The molecule has 0 bridgehead atoms. The Balaban J connectivity index is 2.01. The maximum atomic E-state index is 6.11. The molecule has 2 aliphatic rings. The van der Waals surface area contributed by atoms with Crippen molar-refractivity contribution in [2.45, 2.75) is 45.7 Å². The van der Waals surface area contributed by atoms with E-state index in [0.29, 0.717) is 17.4 Å². The van der Waals surface area contributed by atoms with Crippen molar-refractivity contribution in [1.82, 2.24) is 4.90 Å². The third-order valence-corrected chi connectivity index (χ3v) is 5.56. The van der Waals surface area contributed by atoms with Gasteiger partial charge in [0.2, 0.25) is 0 Å². The number of nitrogens with zero attached hydrogens (tertiary/aromatic N) is 1. The molecule has 0 spiro atoms. The van der Waals surface area contributed by atoms with Gasteiger partial charge in [0.1, 0.15) is 0 Å². The number of thioether (sulfide) groups is 1. The highest BCUT2D eigenvalue weighted by atomic mass is 32.2. The van der Waals surface area contributed by atoms with E-state index in [0.717, 1.165) is 6.04 Å². The SMILES string of the molecule is CC1CN(C2CSCCC2(C)C)CCC1N. The van der Waals surface area contributed by atoms with E-state index < -0.39 is 0 Å². The molecule has 0 aliphatic carbocycles. The molecule has 2 N–H and O–H groups in total. The molecule has 94 valence electrons. The fourth-order valence-corrected chi connectivity index (χ4v) is 4.72. The van der Waals surface area contributed by atoms with Gasteiger partial charge in [0.15, 0.2) is 0 Å². The summed E-state index contributed by atoms with van der Waals surface area (Å²) >= 11 is 2.13.